The quantitative estimate of drug-likeness (QED) is 0.374. The molecule has 1 aromatic rings. The lowest BCUT2D eigenvalue weighted by molar-refractivity contribution is -0.0852. The Morgan fingerprint density at radius 1 is 1.43 bits per heavy atom. The van der Waals surface area contributed by atoms with Gasteiger partial charge in [0, 0.05) is 0 Å². The van der Waals surface area contributed by atoms with Crippen molar-refractivity contribution in [1.82, 2.24) is 5.06 Å². The number of carbonyl (C=O) groups excluding carboxylic acids is 1. The predicted molar refractivity (Wildman–Crippen MR) is 46.8 cm³/mol. The van der Waals surface area contributed by atoms with Crippen molar-refractivity contribution >= 4 is 6.03 Å². The molecule has 0 fully saturated rings. The molecule has 1 aromatic carbocycles. The van der Waals surface area contributed by atoms with Gasteiger partial charge >= 0.3 is 6.03 Å². The van der Waals surface area contributed by atoms with E-state index in [1.165, 1.54) is 24.3 Å². The number of carbonyl (C=O) groups is 1. The largest absolute Gasteiger partial charge is 0.508 e. The van der Waals surface area contributed by atoms with E-state index in [-0.39, 0.29) is 17.5 Å². The first kappa shape index (κ1) is 10.1. The molecule has 0 heterocycles. The Morgan fingerprint density at radius 2 is 2.00 bits per heavy atom. The normalized spacial score (nSPS) is 9.50. The standard InChI is InChI=1S/C8H10N2O4/c9-8(12)10(13)5-14-7-3-1-6(11)2-4-7/h1-4,11,13H,5H2,(H2,9,12). The summed E-state index contributed by atoms with van der Waals surface area (Å²) in [5.74, 6) is 0.510. The second-order valence-electron chi connectivity index (χ2n) is 2.51. The molecular formula is C8H10N2O4. The predicted octanol–water partition coefficient (Wildman–Crippen LogP) is 0.498. The van der Waals surface area contributed by atoms with E-state index < -0.39 is 6.03 Å². The Bertz CT molecular complexity index is 312. The maximum absolute atomic E-state index is 10.4. The van der Waals surface area contributed by atoms with Crippen LogP contribution in [0.2, 0.25) is 0 Å². The number of hydroxylamine groups is 2. The summed E-state index contributed by atoms with van der Waals surface area (Å²) < 4.78 is 4.95. The van der Waals surface area contributed by atoms with E-state index in [4.69, 9.17) is 20.8 Å². The van der Waals surface area contributed by atoms with Crippen molar-refractivity contribution in [3.63, 3.8) is 0 Å². The number of nitrogens with two attached hydrogens (primary N) is 1. The Labute approximate surface area is 80.1 Å². The van der Waals surface area contributed by atoms with Gasteiger partial charge in [-0.3, -0.25) is 5.21 Å². The fourth-order valence-electron chi connectivity index (χ4n) is 0.742. The molecule has 6 nitrogen and oxygen atoms in total. The molecule has 6 heteroatoms. The lowest BCUT2D eigenvalue weighted by Crippen LogP contribution is -2.35. The summed E-state index contributed by atoms with van der Waals surface area (Å²) >= 11 is 0. The number of phenolic OH excluding ortho intramolecular Hbond substituents is 1. The smallest absolute Gasteiger partial charge is 0.341 e. The van der Waals surface area contributed by atoms with Crippen LogP contribution in [0.15, 0.2) is 24.3 Å². The number of rotatable bonds is 3. The Hall–Kier alpha value is -1.95. The number of hydrogen-bond acceptors (Lipinski definition) is 4. The summed E-state index contributed by atoms with van der Waals surface area (Å²) in [5.41, 5.74) is 4.74. The molecular weight excluding hydrogens is 188 g/mol. The van der Waals surface area contributed by atoms with Gasteiger partial charge in [0.1, 0.15) is 11.5 Å². The molecule has 1 rings (SSSR count). The maximum atomic E-state index is 10.4. The minimum atomic E-state index is -0.997. The molecule has 14 heavy (non-hydrogen) atoms. The number of benzene rings is 1. The summed E-state index contributed by atoms with van der Waals surface area (Å²) in [7, 11) is 0. The molecule has 76 valence electrons. The minimum Gasteiger partial charge on any atom is -0.508 e. The van der Waals surface area contributed by atoms with E-state index in [1.54, 1.807) is 0 Å². The van der Waals surface area contributed by atoms with Crippen LogP contribution < -0.4 is 10.5 Å². The molecule has 0 saturated heterocycles. The van der Waals surface area contributed by atoms with Crippen molar-refractivity contribution in [2.45, 2.75) is 0 Å². The van der Waals surface area contributed by atoms with Crippen molar-refractivity contribution in [1.29, 1.82) is 0 Å². The molecule has 2 amide bonds. The third kappa shape index (κ3) is 2.83. The van der Waals surface area contributed by atoms with Gasteiger partial charge in [0.2, 0.25) is 0 Å². The molecule has 0 aliphatic rings. The third-order valence-corrected chi connectivity index (χ3v) is 1.44. The van der Waals surface area contributed by atoms with Crippen molar-refractivity contribution in [3.8, 4) is 11.5 Å². The Balaban J connectivity index is 2.46. The van der Waals surface area contributed by atoms with E-state index >= 15 is 0 Å². The highest BCUT2D eigenvalue weighted by Crippen LogP contribution is 2.15. The highest BCUT2D eigenvalue weighted by molar-refractivity contribution is 5.70. The number of nitrogens with zero attached hydrogens (tertiary/aromatic N) is 1. The summed E-state index contributed by atoms with van der Waals surface area (Å²) in [6, 6.07) is 4.82. The van der Waals surface area contributed by atoms with Crippen molar-refractivity contribution in [2.75, 3.05) is 6.73 Å². The molecule has 0 radical (unpaired) electrons. The van der Waals surface area contributed by atoms with Gasteiger partial charge < -0.3 is 15.6 Å². The lowest BCUT2D eigenvalue weighted by atomic mass is 10.3. The topological polar surface area (TPSA) is 96.0 Å². The molecule has 0 aromatic heterocycles. The lowest BCUT2D eigenvalue weighted by Gasteiger charge is -2.12. The van der Waals surface area contributed by atoms with E-state index in [9.17, 15) is 4.79 Å². The van der Waals surface area contributed by atoms with Gasteiger partial charge in [0.25, 0.3) is 0 Å². The van der Waals surface area contributed by atoms with Gasteiger partial charge in [-0.2, -0.15) is 5.06 Å². The van der Waals surface area contributed by atoms with Gasteiger partial charge in [-0.1, -0.05) is 0 Å². The van der Waals surface area contributed by atoms with Crippen LogP contribution in [0.25, 0.3) is 0 Å². The summed E-state index contributed by atoms with van der Waals surface area (Å²) in [6.45, 7) is -0.361. The fraction of sp³-hybridized carbons (Fsp3) is 0.125. The summed E-state index contributed by atoms with van der Waals surface area (Å²) in [4.78, 5) is 10.4. The second kappa shape index (κ2) is 4.33. The number of ether oxygens (including phenoxy) is 1. The average Bonchev–Trinajstić information content (AvgIpc) is 2.16. The van der Waals surface area contributed by atoms with E-state index in [1.807, 2.05) is 0 Å². The second-order valence-corrected chi connectivity index (χ2v) is 2.51. The van der Waals surface area contributed by atoms with Gasteiger partial charge in [-0.05, 0) is 24.3 Å². The zero-order chi connectivity index (χ0) is 10.6. The van der Waals surface area contributed by atoms with Crippen molar-refractivity contribution < 1.29 is 19.8 Å². The molecule has 0 aliphatic heterocycles. The zero-order valence-electron chi connectivity index (χ0n) is 7.25. The first-order valence-electron chi connectivity index (χ1n) is 3.77. The minimum absolute atomic E-state index is 0.105. The highest BCUT2D eigenvalue weighted by atomic mass is 16.6. The summed E-state index contributed by atoms with van der Waals surface area (Å²) in [6.07, 6.45) is 0. The van der Waals surface area contributed by atoms with Crippen LogP contribution in [-0.2, 0) is 0 Å². The van der Waals surface area contributed by atoms with Crippen LogP contribution >= 0.6 is 0 Å². The zero-order valence-corrected chi connectivity index (χ0v) is 7.25. The first-order chi connectivity index (χ1) is 6.59. The van der Waals surface area contributed by atoms with E-state index in [0.717, 1.165) is 0 Å². The molecule has 0 bridgehead atoms. The van der Waals surface area contributed by atoms with Gasteiger partial charge in [0.15, 0.2) is 6.73 Å². The van der Waals surface area contributed by atoms with Crippen LogP contribution in [0.1, 0.15) is 0 Å². The number of amides is 2. The SMILES string of the molecule is NC(=O)N(O)COc1ccc(O)cc1. The monoisotopic (exact) mass is 198 g/mol. The molecule has 4 N–H and O–H groups in total. The van der Waals surface area contributed by atoms with Crippen LogP contribution in [0.3, 0.4) is 0 Å². The van der Waals surface area contributed by atoms with Crippen LogP contribution in [0.5, 0.6) is 11.5 Å². The molecule has 0 saturated carbocycles. The van der Waals surface area contributed by atoms with Gasteiger partial charge in [-0.15, -0.1) is 0 Å². The number of phenols is 1. The van der Waals surface area contributed by atoms with Crippen LogP contribution in [0.4, 0.5) is 4.79 Å². The van der Waals surface area contributed by atoms with Crippen molar-refractivity contribution in [2.24, 2.45) is 5.73 Å². The molecule has 0 atom stereocenters. The first-order valence-corrected chi connectivity index (χ1v) is 3.77. The Kier molecular flexibility index (Phi) is 3.14. The molecule has 0 aliphatic carbocycles. The van der Waals surface area contributed by atoms with Gasteiger partial charge in [0.05, 0.1) is 0 Å². The number of aromatic hydroxyl groups is 1. The average molecular weight is 198 g/mol. The van der Waals surface area contributed by atoms with Crippen molar-refractivity contribution in [3.05, 3.63) is 24.3 Å². The molecule has 0 spiro atoms. The van der Waals surface area contributed by atoms with E-state index in [2.05, 4.69) is 0 Å². The fourth-order valence-corrected chi connectivity index (χ4v) is 0.742. The van der Waals surface area contributed by atoms with Gasteiger partial charge in [-0.25, -0.2) is 4.79 Å². The van der Waals surface area contributed by atoms with E-state index in [0.29, 0.717) is 5.75 Å². The van der Waals surface area contributed by atoms with Crippen LogP contribution in [-0.4, -0.2) is 28.1 Å². The number of hydrogen-bond donors (Lipinski definition) is 3. The maximum Gasteiger partial charge on any atom is 0.341 e. The van der Waals surface area contributed by atoms with Crippen LogP contribution in [0, 0.1) is 0 Å². The Morgan fingerprint density at radius 3 is 2.50 bits per heavy atom. The molecule has 0 unspecified atom stereocenters. The number of primary amides is 1. The summed E-state index contributed by atoms with van der Waals surface area (Å²) in [5, 5.41) is 18.0. The third-order valence-electron chi connectivity index (χ3n) is 1.44. The highest BCUT2D eigenvalue weighted by Gasteiger charge is 2.05. The number of urea groups is 1.